The van der Waals surface area contributed by atoms with Gasteiger partial charge >= 0.3 is 0 Å². The first-order chi connectivity index (χ1) is 4.89. The highest BCUT2D eigenvalue weighted by Crippen LogP contribution is 2.55. The Morgan fingerprint density at radius 3 is 1.55 bits per heavy atom. The van der Waals surface area contributed by atoms with Crippen molar-refractivity contribution in [2.75, 3.05) is 0 Å². The molecule has 0 aliphatic heterocycles. The molecular formula is C5Br3Cl3. The van der Waals surface area contributed by atoms with E-state index in [9.17, 15) is 0 Å². The molecule has 6 heteroatoms. The maximum atomic E-state index is 5.87. The Morgan fingerprint density at radius 2 is 1.45 bits per heavy atom. The van der Waals surface area contributed by atoms with E-state index < -0.39 is 4.33 Å². The highest BCUT2D eigenvalue weighted by molar-refractivity contribution is 9.16. The first kappa shape index (κ1) is 10.9. The Morgan fingerprint density at radius 1 is 1.00 bits per heavy atom. The molecular weight excluding hydrogens is 406 g/mol. The van der Waals surface area contributed by atoms with Crippen molar-refractivity contribution in [1.82, 2.24) is 0 Å². The van der Waals surface area contributed by atoms with E-state index >= 15 is 0 Å². The molecule has 1 rings (SSSR count). The third-order valence-electron chi connectivity index (χ3n) is 1.13. The molecule has 62 valence electrons. The van der Waals surface area contributed by atoms with Gasteiger partial charge in [-0.2, -0.15) is 0 Å². The van der Waals surface area contributed by atoms with Crippen molar-refractivity contribution >= 4 is 82.6 Å². The molecule has 0 unspecified atom stereocenters. The van der Waals surface area contributed by atoms with E-state index in [0.29, 0.717) is 14.0 Å². The van der Waals surface area contributed by atoms with E-state index in [-0.39, 0.29) is 0 Å². The van der Waals surface area contributed by atoms with Gasteiger partial charge in [0.25, 0.3) is 0 Å². The molecule has 0 nitrogen and oxygen atoms in total. The van der Waals surface area contributed by atoms with Gasteiger partial charge in [-0.15, -0.1) is 0 Å². The van der Waals surface area contributed by atoms with E-state index in [0.717, 1.165) is 4.48 Å². The normalized spacial score (nSPS) is 23.5. The van der Waals surface area contributed by atoms with Crippen LogP contribution in [0.25, 0.3) is 0 Å². The van der Waals surface area contributed by atoms with Crippen LogP contribution in [0.2, 0.25) is 0 Å². The van der Waals surface area contributed by atoms with Crippen LogP contribution < -0.4 is 0 Å². The molecule has 0 atom stereocenters. The molecule has 0 saturated heterocycles. The summed E-state index contributed by atoms with van der Waals surface area (Å²) in [6.07, 6.45) is 0. The number of hydrogen-bond donors (Lipinski definition) is 0. The average Bonchev–Trinajstić information content (AvgIpc) is 2.06. The summed E-state index contributed by atoms with van der Waals surface area (Å²) in [5.74, 6) is 0. The number of halogens is 6. The van der Waals surface area contributed by atoms with Crippen LogP contribution >= 0.6 is 82.6 Å². The van der Waals surface area contributed by atoms with Gasteiger partial charge in [0.05, 0.1) is 14.0 Å². The Labute approximate surface area is 104 Å². The highest BCUT2D eigenvalue weighted by atomic mass is 79.9. The first-order valence-electron chi connectivity index (χ1n) is 2.38. The lowest BCUT2D eigenvalue weighted by atomic mass is 10.4. The van der Waals surface area contributed by atoms with Crippen LogP contribution in [0.15, 0.2) is 18.5 Å². The lowest BCUT2D eigenvalue weighted by Gasteiger charge is -2.12. The molecule has 0 aromatic rings. The summed E-state index contributed by atoms with van der Waals surface area (Å²) in [7, 11) is 0. The van der Waals surface area contributed by atoms with Gasteiger partial charge in [0.1, 0.15) is 0 Å². The smallest absolute Gasteiger partial charge is 0.0892 e. The Kier molecular flexibility index (Phi) is 3.46. The van der Waals surface area contributed by atoms with Crippen LogP contribution in [-0.2, 0) is 0 Å². The van der Waals surface area contributed by atoms with Crippen molar-refractivity contribution < 1.29 is 0 Å². The molecule has 0 bridgehead atoms. The Bertz CT molecular complexity index is 240. The standard InChI is InChI=1S/C5Br3Cl3/c6-1-2(7)4(9)5(10,11)3(1)8. The molecule has 0 radical (unpaired) electrons. The third-order valence-corrected chi connectivity index (χ3v) is 6.88. The van der Waals surface area contributed by atoms with Gasteiger partial charge in [-0.1, -0.05) is 50.7 Å². The highest BCUT2D eigenvalue weighted by Gasteiger charge is 2.41. The zero-order chi connectivity index (χ0) is 8.81. The minimum Gasteiger partial charge on any atom is -0.0892 e. The second kappa shape index (κ2) is 3.50. The van der Waals surface area contributed by atoms with E-state index in [4.69, 9.17) is 34.8 Å². The summed E-state index contributed by atoms with van der Waals surface area (Å²) in [6.45, 7) is 0. The van der Waals surface area contributed by atoms with Crippen molar-refractivity contribution in [3.8, 4) is 0 Å². The molecule has 0 fully saturated rings. The molecule has 1 aliphatic rings. The minimum absolute atomic E-state index is 0.361. The van der Waals surface area contributed by atoms with Crippen molar-refractivity contribution in [2.24, 2.45) is 0 Å². The second-order valence-corrected chi connectivity index (χ2v) is 5.91. The van der Waals surface area contributed by atoms with Gasteiger partial charge < -0.3 is 0 Å². The number of rotatable bonds is 0. The fourth-order valence-electron chi connectivity index (χ4n) is 0.565. The SMILES string of the molecule is ClC1=C(Br)C(Br)=C(Br)C1(Cl)Cl. The number of hydrogen-bond acceptors (Lipinski definition) is 0. The molecule has 0 heterocycles. The lowest BCUT2D eigenvalue weighted by Crippen LogP contribution is -2.09. The van der Waals surface area contributed by atoms with Crippen LogP contribution in [0.1, 0.15) is 0 Å². The number of allylic oxidation sites excluding steroid dienone is 4. The lowest BCUT2D eigenvalue weighted by molar-refractivity contribution is 1.26. The van der Waals surface area contributed by atoms with Crippen molar-refractivity contribution in [1.29, 1.82) is 0 Å². The second-order valence-electron chi connectivity index (χ2n) is 1.83. The summed E-state index contributed by atoms with van der Waals surface area (Å²) in [5.41, 5.74) is 0. The van der Waals surface area contributed by atoms with Gasteiger partial charge in [-0.05, 0) is 31.9 Å². The topological polar surface area (TPSA) is 0 Å². The van der Waals surface area contributed by atoms with Gasteiger partial charge in [0.2, 0.25) is 0 Å². The molecule has 0 aromatic heterocycles. The molecule has 0 aromatic carbocycles. The Hall–Kier alpha value is 1.79. The third kappa shape index (κ3) is 1.70. The maximum absolute atomic E-state index is 5.87. The minimum atomic E-state index is -1.15. The van der Waals surface area contributed by atoms with Crippen LogP contribution in [0.5, 0.6) is 0 Å². The molecule has 0 amide bonds. The summed E-state index contributed by atoms with van der Waals surface area (Å²) >= 11 is 27.3. The predicted molar refractivity (Wildman–Crippen MR) is 61.1 cm³/mol. The zero-order valence-electron chi connectivity index (χ0n) is 4.77. The maximum Gasteiger partial charge on any atom is 0.187 e. The van der Waals surface area contributed by atoms with Crippen molar-refractivity contribution in [2.45, 2.75) is 4.33 Å². The summed E-state index contributed by atoms with van der Waals surface area (Å²) in [5, 5.41) is 0.361. The van der Waals surface area contributed by atoms with Crippen LogP contribution in [0.3, 0.4) is 0 Å². The van der Waals surface area contributed by atoms with Gasteiger partial charge in [-0.3, -0.25) is 0 Å². The van der Waals surface area contributed by atoms with Gasteiger partial charge in [0, 0.05) is 4.48 Å². The number of alkyl halides is 2. The fourth-order valence-corrected chi connectivity index (χ4v) is 3.47. The largest absolute Gasteiger partial charge is 0.187 e. The van der Waals surface area contributed by atoms with Crippen molar-refractivity contribution in [3.63, 3.8) is 0 Å². The molecule has 1 aliphatic carbocycles. The zero-order valence-corrected chi connectivity index (χ0v) is 11.8. The predicted octanol–water partition coefficient (Wildman–Crippen LogP) is 5.02. The fraction of sp³-hybridized carbons (Fsp3) is 0.200. The van der Waals surface area contributed by atoms with Crippen LogP contribution in [0, 0.1) is 0 Å². The van der Waals surface area contributed by atoms with Crippen molar-refractivity contribution in [3.05, 3.63) is 18.5 Å². The molecule has 11 heavy (non-hydrogen) atoms. The van der Waals surface area contributed by atoms with Gasteiger partial charge in [-0.25, -0.2) is 0 Å². The Balaban J connectivity index is 3.27. The first-order valence-corrected chi connectivity index (χ1v) is 5.90. The molecule has 0 saturated carbocycles. The van der Waals surface area contributed by atoms with E-state index in [1.54, 1.807) is 0 Å². The summed E-state index contributed by atoms with van der Waals surface area (Å²) in [4.78, 5) is 0. The quantitative estimate of drug-likeness (QED) is 0.496. The van der Waals surface area contributed by atoms with Crippen LogP contribution in [-0.4, -0.2) is 4.33 Å². The molecule has 0 N–H and O–H groups in total. The van der Waals surface area contributed by atoms with E-state index in [2.05, 4.69) is 47.8 Å². The summed E-state index contributed by atoms with van der Waals surface area (Å²) < 4.78 is 0.882. The van der Waals surface area contributed by atoms with E-state index in [1.165, 1.54) is 0 Å². The van der Waals surface area contributed by atoms with E-state index in [1.807, 2.05) is 0 Å². The molecule has 0 spiro atoms. The average molecular weight is 406 g/mol. The monoisotopic (exact) mass is 402 g/mol. The summed E-state index contributed by atoms with van der Waals surface area (Å²) in [6, 6.07) is 0. The van der Waals surface area contributed by atoms with Gasteiger partial charge in [0.15, 0.2) is 4.33 Å². The van der Waals surface area contributed by atoms with Crippen LogP contribution in [0.4, 0.5) is 0 Å².